The molecule has 0 radical (unpaired) electrons. The Morgan fingerprint density at radius 1 is 1.64 bits per heavy atom. The average Bonchev–Trinajstić information content (AvgIpc) is 2.52. The van der Waals surface area contributed by atoms with E-state index in [1.807, 2.05) is 0 Å². The summed E-state index contributed by atoms with van der Waals surface area (Å²) in [6, 6.07) is 0. The van der Waals surface area contributed by atoms with E-state index in [-0.39, 0.29) is 17.7 Å². The molecule has 1 atom stereocenters. The van der Waals surface area contributed by atoms with Crippen molar-refractivity contribution >= 4 is 11.8 Å². The summed E-state index contributed by atoms with van der Waals surface area (Å²) in [5.41, 5.74) is 0. The van der Waals surface area contributed by atoms with Crippen LogP contribution in [0.25, 0.3) is 0 Å². The van der Waals surface area contributed by atoms with E-state index in [9.17, 15) is 9.59 Å². The van der Waals surface area contributed by atoms with Gasteiger partial charge in [0.25, 0.3) is 0 Å². The Balaban J connectivity index is 2.08. The van der Waals surface area contributed by atoms with Crippen molar-refractivity contribution in [3.63, 3.8) is 0 Å². The van der Waals surface area contributed by atoms with Crippen molar-refractivity contribution in [3.8, 4) is 0 Å². The number of nitrogens with one attached hydrogen (secondary N) is 1. The predicted octanol–water partition coefficient (Wildman–Crippen LogP) is 0.508. The summed E-state index contributed by atoms with van der Waals surface area (Å²) < 4.78 is 4.79. The van der Waals surface area contributed by atoms with Crippen LogP contribution >= 0.6 is 0 Å². The van der Waals surface area contributed by atoms with Gasteiger partial charge in [0, 0.05) is 18.9 Å². The SMILES string of the molecule is CCOC(=O)CCCC1CNCC1=O. The molecule has 0 aromatic rings. The smallest absolute Gasteiger partial charge is 0.305 e. The summed E-state index contributed by atoms with van der Waals surface area (Å²) in [6.45, 7) is 3.48. The number of hydrogen-bond donors (Lipinski definition) is 1. The van der Waals surface area contributed by atoms with Gasteiger partial charge in [-0.1, -0.05) is 0 Å². The summed E-state index contributed by atoms with van der Waals surface area (Å²) in [7, 11) is 0. The maximum Gasteiger partial charge on any atom is 0.305 e. The van der Waals surface area contributed by atoms with E-state index in [1.165, 1.54) is 0 Å². The molecule has 0 saturated carbocycles. The molecule has 0 aliphatic carbocycles. The normalized spacial score (nSPS) is 21.2. The molecular formula is C10H17NO3. The highest BCUT2D eigenvalue weighted by atomic mass is 16.5. The maximum absolute atomic E-state index is 11.2. The van der Waals surface area contributed by atoms with Gasteiger partial charge in [-0.15, -0.1) is 0 Å². The number of Topliss-reactive ketones (excluding diaryl/α,β-unsaturated/α-hetero) is 1. The first-order valence-electron chi connectivity index (χ1n) is 5.13. The number of rotatable bonds is 5. The first-order valence-corrected chi connectivity index (χ1v) is 5.13. The third-order valence-corrected chi connectivity index (χ3v) is 2.38. The molecule has 1 rings (SSSR count). The van der Waals surface area contributed by atoms with E-state index in [0.29, 0.717) is 19.6 Å². The van der Waals surface area contributed by atoms with Gasteiger partial charge >= 0.3 is 5.97 Å². The highest BCUT2D eigenvalue weighted by Gasteiger charge is 2.23. The van der Waals surface area contributed by atoms with Gasteiger partial charge in [-0.25, -0.2) is 0 Å². The topological polar surface area (TPSA) is 55.4 Å². The minimum atomic E-state index is -0.161. The van der Waals surface area contributed by atoms with Crippen molar-refractivity contribution in [1.82, 2.24) is 5.32 Å². The van der Waals surface area contributed by atoms with E-state index in [2.05, 4.69) is 5.32 Å². The summed E-state index contributed by atoms with van der Waals surface area (Å²) in [6.07, 6.45) is 1.97. The Hall–Kier alpha value is -0.900. The molecule has 0 amide bonds. The molecule has 80 valence electrons. The van der Waals surface area contributed by atoms with Gasteiger partial charge in [0.2, 0.25) is 0 Å². The van der Waals surface area contributed by atoms with Crippen LogP contribution in [0.2, 0.25) is 0 Å². The second kappa shape index (κ2) is 5.75. The van der Waals surface area contributed by atoms with Gasteiger partial charge in [0.15, 0.2) is 5.78 Å². The van der Waals surface area contributed by atoms with Gasteiger partial charge < -0.3 is 10.1 Å². The second-order valence-corrected chi connectivity index (χ2v) is 3.49. The van der Waals surface area contributed by atoms with Crippen LogP contribution < -0.4 is 5.32 Å². The van der Waals surface area contributed by atoms with Crippen molar-refractivity contribution in [2.75, 3.05) is 19.7 Å². The number of carbonyl (C=O) groups is 2. The third-order valence-electron chi connectivity index (χ3n) is 2.38. The minimum absolute atomic E-state index is 0.115. The molecule has 1 aliphatic rings. The molecule has 4 nitrogen and oxygen atoms in total. The largest absolute Gasteiger partial charge is 0.466 e. The standard InChI is InChI=1S/C10H17NO3/c1-2-14-10(13)5-3-4-8-6-11-7-9(8)12/h8,11H,2-7H2,1H3. The number of esters is 1. The molecule has 1 N–H and O–H groups in total. The Labute approximate surface area is 84.0 Å². The maximum atomic E-state index is 11.2. The molecule has 0 aromatic carbocycles. The molecule has 1 saturated heterocycles. The van der Waals surface area contributed by atoms with Gasteiger partial charge in [0.1, 0.15) is 0 Å². The highest BCUT2D eigenvalue weighted by molar-refractivity contribution is 5.85. The Kier molecular flexibility index (Phi) is 4.59. The average molecular weight is 199 g/mol. The summed E-state index contributed by atoms with van der Waals surface area (Å²) in [5, 5.41) is 3.02. The fourth-order valence-corrected chi connectivity index (χ4v) is 1.62. The molecule has 1 fully saturated rings. The van der Waals surface area contributed by atoms with Crippen molar-refractivity contribution in [1.29, 1.82) is 0 Å². The third kappa shape index (κ3) is 3.46. The Morgan fingerprint density at radius 3 is 3.00 bits per heavy atom. The molecule has 4 heteroatoms. The molecule has 0 aromatic heterocycles. The lowest BCUT2D eigenvalue weighted by atomic mass is 10.0. The first-order chi connectivity index (χ1) is 6.74. The first kappa shape index (κ1) is 11.2. The second-order valence-electron chi connectivity index (χ2n) is 3.49. The molecule has 1 aliphatic heterocycles. The molecule has 0 spiro atoms. The number of hydrogen-bond acceptors (Lipinski definition) is 4. The molecular weight excluding hydrogens is 182 g/mol. The van der Waals surface area contributed by atoms with Crippen molar-refractivity contribution in [3.05, 3.63) is 0 Å². The zero-order valence-corrected chi connectivity index (χ0v) is 8.54. The number of carbonyl (C=O) groups excluding carboxylic acids is 2. The summed E-state index contributed by atoms with van der Waals surface area (Å²) >= 11 is 0. The zero-order valence-electron chi connectivity index (χ0n) is 8.54. The fraction of sp³-hybridized carbons (Fsp3) is 0.800. The lowest BCUT2D eigenvalue weighted by molar-refractivity contribution is -0.143. The number of ketones is 1. The lowest BCUT2D eigenvalue weighted by Crippen LogP contribution is -2.12. The molecule has 1 heterocycles. The van der Waals surface area contributed by atoms with Gasteiger partial charge in [-0.2, -0.15) is 0 Å². The zero-order chi connectivity index (χ0) is 10.4. The van der Waals surface area contributed by atoms with Crippen LogP contribution in [0.15, 0.2) is 0 Å². The Bertz CT molecular complexity index is 215. The van der Waals surface area contributed by atoms with Gasteiger partial charge in [-0.05, 0) is 19.8 Å². The van der Waals surface area contributed by atoms with E-state index in [4.69, 9.17) is 4.74 Å². The van der Waals surface area contributed by atoms with Gasteiger partial charge in [0.05, 0.1) is 13.2 Å². The van der Waals surface area contributed by atoms with Crippen molar-refractivity contribution in [2.24, 2.45) is 5.92 Å². The monoisotopic (exact) mass is 199 g/mol. The molecule has 14 heavy (non-hydrogen) atoms. The fourth-order valence-electron chi connectivity index (χ4n) is 1.62. The lowest BCUT2D eigenvalue weighted by Gasteiger charge is -2.05. The summed E-state index contributed by atoms with van der Waals surface area (Å²) in [4.78, 5) is 22.2. The van der Waals surface area contributed by atoms with Crippen LogP contribution in [0.5, 0.6) is 0 Å². The van der Waals surface area contributed by atoms with Crippen LogP contribution in [-0.2, 0) is 14.3 Å². The van der Waals surface area contributed by atoms with E-state index in [0.717, 1.165) is 19.4 Å². The van der Waals surface area contributed by atoms with Crippen molar-refractivity contribution < 1.29 is 14.3 Å². The number of ether oxygens (including phenoxy) is 1. The van der Waals surface area contributed by atoms with E-state index in [1.54, 1.807) is 6.92 Å². The quantitative estimate of drug-likeness (QED) is 0.655. The minimum Gasteiger partial charge on any atom is -0.466 e. The van der Waals surface area contributed by atoms with Crippen LogP contribution in [0.4, 0.5) is 0 Å². The van der Waals surface area contributed by atoms with Crippen LogP contribution in [0.1, 0.15) is 26.2 Å². The summed E-state index contributed by atoms with van der Waals surface area (Å²) in [5.74, 6) is 0.226. The van der Waals surface area contributed by atoms with Gasteiger partial charge in [-0.3, -0.25) is 9.59 Å². The van der Waals surface area contributed by atoms with Crippen LogP contribution in [0, 0.1) is 5.92 Å². The highest BCUT2D eigenvalue weighted by Crippen LogP contribution is 2.12. The van der Waals surface area contributed by atoms with Crippen LogP contribution in [-0.4, -0.2) is 31.4 Å². The Morgan fingerprint density at radius 2 is 2.43 bits per heavy atom. The van der Waals surface area contributed by atoms with Crippen molar-refractivity contribution in [2.45, 2.75) is 26.2 Å². The van der Waals surface area contributed by atoms with E-state index < -0.39 is 0 Å². The van der Waals surface area contributed by atoms with E-state index >= 15 is 0 Å². The predicted molar refractivity (Wildman–Crippen MR) is 51.9 cm³/mol. The molecule has 1 unspecified atom stereocenters. The molecule has 0 bridgehead atoms. The van der Waals surface area contributed by atoms with Crippen LogP contribution in [0.3, 0.4) is 0 Å².